The highest BCUT2D eigenvalue weighted by molar-refractivity contribution is 6.64. The van der Waals surface area contributed by atoms with Gasteiger partial charge in [0.2, 0.25) is 0 Å². The number of rotatable bonds is 2. The number of nitrogens with one attached hydrogen (secondary N) is 1. The van der Waals surface area contributed by atoms with Gasteiger partial charge < -0.3 is 14.0 Å². The lowest BCUT2D eigenvalue weighted by molar-refractivity contribution is 0.00578. The van der Waals surface area contributed by atoms with Gasteiger partial charge in [0.1, 0.15) is 0 Å². The molecule has 0 bridgehead atoms. The molecule has 114 valence electrons. The Morgan fingerprint density at radius 2 is 1.81 bits per heavy atom. The number of hydrogen-bond acceptors (Lipinski definition) is 4. The van der Waals surface area contributed by atoms with Crippen LogP contribution in [0.2, 0.25) is 5.02 Å². The molecule has 1 fully saturated rings. The zero-order chi connectivity index (χ0) is 15.8. The van der Waals surface area contributed by atoms with Crippen LogP contribution in [0.5, 0.6) is 0 Å². The van der Waals surface area contributed by atoms with Crippen molar-refractivity contribution in [3.05, 3.63) is 23.2 Å². The van der Waals surface area contributed by atoms with Crippen molar-refractivity contribution in [2.24, 2.45) is 0 Å². The van der Waals surface area contributed by atoms with Crippen molar-refractivity contribution in [1.29, 1.82) is 0 Å². The van der Waals surface area contributed by atoms with Crippen molar-refractivity contribution in [3.63, 3.8) is 0 Å². The van der Waals surface area contributed by atoms with E-state index >= 15 is 0 Å². The molecule has 0 spiro atoms. The lowest BCUT2D eigenvalue weighted by Crippen LogP contribution is -2.41. The lowest BCUT2D eigenvalue weighted by Gasteiger charge is -2.32. The molecule has 21 heavy (non-hydrogen) atoms. The molecule has 1 aromatic rings. The van der Waals surface area contributed by atoms with Crippen molar-refractivity contribution in [3.8, 4) is 0 Å². The van der Waals surface area contributed by atoms with Gasteiger partial charge in [-0.1, -0.05) is 11.6 Å². The summed E-state index contributed by atoms with van der Waals surface area (Å²) in [6, 6.07) is 5.09. The topological polar surface area (TPSA) is 56.8 Å². The molecule has 0 unspecified atom stereocenters. The number of carbonyl (C=O) groups is 1. The Kier molecular flexibility index (Phi) is 4.24. The van der Waals surface area contributed by atoms with Gasteiger partial charge in [0, 0.05) is 16.2 Å². The largest absolute Gasteiger partial charge is 0.497 e. The number of hydrogen-bond donors (Lipinski definition) is 1. The van der Waals surface area contributed by atoms with Crippen molar-refractivity contribution < 1.29 is 18.8 Å². The van der Waals surface area contributed by atoms with E-state index in [-0.39, 0.29) is 0 Å². The monoisotopic (exact) mass is 311 g/mol. The molecule has 0 aliphatic carbocycles. The minimum Gasteiger partial charge on any atom is -0.453 e. The highest BCUT2D eigenvalue weighted by Crippen LogP contribution is 2.37. The molecule has 0 aromatic heterocycles. The van der Waals surface area contributed by atoms with Crippen LogP contribution in [-0.2, 0) is 14.0 Å². The maximum Gasteiger partial charge on any atom is 0.497 e. The molecule has 1 amide bonds. The number of benzene rings is 1. The van der Waals surface area contributed by atoms with Gasteiger partial charge in [0.25, 0.3) is 0 Å². The van der Waals surface area contributed by atoms with E-state index < -0.39 is 24.4 Å². The minimum atomic E-state index is -0.610. The predicted molar refractivity (Wildman–Crippen MR) is 83.2 cm³/mol. The number of methoxy groups -OCH3 is 1. The Labute approximate surface area is 130 Å². The van der Waals surface area contributed by atoms with Crippen LogP contribution < -0.4 is 10.8 Å². The number of ether oxygens (including phenoxy) is 1. The first-order chi connectivity index (χ1) is 9.66. The molecule has 5 nitrogen and oxygen atoms in total. The van der Waals surface area contributed by atoms with Crippen LogP contribution >= 0.6 is 11.6 Å². The summed E-state index contributed by atoms with van der Waals surface area (Å²) in [7, 11) is 0.695. The van der Waals surface area contributed by atoms with E-state index in [0.29, 0.717) is 16.2 Å². The lowest BCUT2D eigenvalue weighted by atomic mass is 9.78. The highest BCUT2D eigenvalue weighted by atomic mass is 35.5. The summed E-state index contributed by atoms with van der Waals surface area (Å²) >= 11 is 6.05. The first-order valence-electron chi connectivity index (χ1n) is 6.66. The summed E-state index contributed by atoms with van der Waals surface area (Å²) in [4.78, 5) is 11.4. The van der Waals surface area contributed by atoms with E-state index in [9.17, 15) is 4.79 Å². The van der Waals surface area contributed by atoms with Gasteiger partial charge in [-0.05, 0) is 45.9 Å². The third-order valence-electron chi connectivity index (χ3n) is 3.94. The predicted octanol–water partition coefficient (Wildman–Crippen LogP) is 2.82. The van der Waals surface area contributed by atoms with E-state index in [1.54, 1.807) is 18.2 Å². The van der Waals surface area contributed by atoms with Gasteiger partial charge in [-0.3, -0.25) is 5.32 Å². The zero-order valence-electron chi connectivity index (χ0n) is 12.8. The molecule has 1 aromatic carbocycles. The molecule has 0 radical (unpaired) electrons. The highest BCUT2D eigenvalue weighted by Gasteiger charge is 2.52. The van der Waals surface area contributed by atoms with E-state index in [1.807, 2.05) is 27.7 Å². The standard InChI is InChI=1S/C14H19BClNO4/c1-13(2)14(3,4)21-15(20-13)10-8-9(16)6-7-11(10)17-12(18)19-5/h6-8H,1-5H3,(H,17,18). The van der Waals surface area contributed by atoms with Crippen LogP contribution in [0.4, 0.5) is 10.5 Å². The van der Waals surface area contributed by atoms with Gasteiger partial charge >= 0.3 is 13.2 Å². The SMILES string of the molecule is COC(=O)Nc1ccc(Cl)cc1B1OC(C)(C)C(C)(C)O1. The Hall–Kier alpha value is -1.24. The summed E-state index contributed by atoms with van der Waals surface area (Å²) in [6.07, 6.45) is -0.560. The van der Waals surface area contributed by atoms with Crippen LogP contribution in [0.1, 0.15) is 27.7 Å². The molecule has 7 heteroatoms. The van der Waals surface area contributed by atoms with Crippen molar-refractivity contribution >= 4 is 36.0 Å². The summed E-state index contributed by atoms with van der Waals surface area (Å²) < 4.78 is 16.6. The minimum absolute atomic E-state index is 0.470. The van der Waals surface area contributed by atoms with Crippen LogP contribution in [-0.4, -0.2) is 31.5 Å². The number of halogens is 1. The van der Waals surface area contributed by atoms with Gasteiger partial charge in [-0.25, -0.2) is 4.79 Å². The van der Waals surface area contributed by atoms with Crippen molar-refractivity contribution in [2.45, 2.75) is 38.9 Å². The van der Waals surface area contributed by atoms with Crippen LogP contribution in [0.3, 0.4) is 0 Å². The average molecular weight is 312 g/mol. The van der Waals surface area contributed by atoms with Crippen LogP contribution in [0, 0.1) is 0 Å². The maximum atomic E-state index is 11.4. The number of amides is 1. The summed E-state index contributed by atoms with van der Waals surface area (Å²) in [6.45, 7) is 7.85. The molecule has 0 saturated carbocycles. The summed E-state index contributed by atoms with van der Waals surface area (Å²) in [5.41, 5.74) is 0.265. The molecule has 1 heterocycles. The molecule has 0 atom stereocenters. The summed E-state index contributed by atoms with van der Waals surface area (Å²) in [5.74, 6) is 0. The quantitative estimate of drug-likeness (QED) is 0.853. The van der Waals surface area contributed by atoms with E-state index in [4.69, 9.17) is 20.9 Å². The first kappa shape index (κ1) is 16.1. The number of carbonyl (C=O) groups excluding carboxylic acids is 1. The van der Waals surface area contributed by atoms with Crippen molar-refractivity contribution in [1.82, 2.24) is 0 Å². The first-order valence-corrected chi connectivity index (χ1v) is 7.04. The Morgan fingerprint density at radius 1 is 1.24 bits per heavy atom. The normalized spacial score (nSPS) is 19.4. The molecule has 2 rings (SSSR count). The molecule has 1 saturated heterocycles. The zero-order valence-corrected chi connectivity index (χ0v) is 13.6. The third-order valence-corrected chi connectivity index (χ3v) is 4.18. The summed E-state index contributed by atoms with van der Waals surface area (Å²) in [5, 5.41) is 3.18. The van der Waals surface area contributed by atoms with Gasteiger partial charge in [0.15, 0.2) is 0 Å². The molecule has 1 N–H and O–H groups in total. The number of anilines is 1. The van der Waals surface area contributed by atoms with E-state index in [0.717, 1.165) is 0 Å². The molecular formula is C14H19BClNO4. The third kappa shape index (κ3) is 3.17. The Bertz CT molecular complexity index is 546. The van der Waals surface area contributed by atoms with E-state index in [1.165, 1.54) is 7.11 Å². The van der Waals surface area contributed by atoms with Crippen LogP contribution in [0.25, 0.3) is 0 Å². The van der Waals surface area contributed by atoms with Crippen LogP contribution in [0.15, 0.2) is 18.2 Å². The molecular weight excluding hydrogens is 292 g/mol. The van der Waals surface area contributed by atoms with Gasteiger partial charge in [0.05, 0.1) is 18.3 Å². The Balaban J connectivity index is 2.35. The van der Waals surface area contributed by atoms with E-state index in [2.05, 4.69) is 10.1 Å². The molecule has 1 aliphatic heterocycles. The van der Waals surface area contributed by atoms with Gasteiger partial charge in [-0.2, -0.15) is 0 Å². The fraction of sp³-hybridized carbons (Fsp3) is 0.500. The second kappa shape index (κ2) is 5.52. The Morgan fingerprint density at radius 3 is 2.33 bits per heavy atom. The second-order valence-corrected chi connectivity index (χ2v) is 6.37. The second-order valence-electron chi connectivity index (χ2n) is 5.94. The maximum absolute atomic E-state index is 11.4. The van der Waals surface area contributed by atoms with Crippen molar-refractivity contribution in [2.75, 3.05) is 12.4 Å². The fourth-order valence-corrected chi connectivity index (χ4v) is 2.15. The average Bonchev–Trinajstić information content (AvgIpc) is 2.60. The molecule has 1 aliphatic rings. The fourth-order valence-electron chi connectivity index (χ4n) is 1.97. The van der Waals surface area contributed by atoms with Gasteiger partial charge in [-0.15, -0.1) is 0 Å². The smallest absolute Gasteiger partial charge is 0.453 e.